The summed E-state index contributed by atoms with van der Waals surface area (Å²) in [7, 11) is -5.02. The van der Waals surface area contributed by atoms with Crippen molar-refractivity contribution in [3.8, 4) is 0 Å². The fourth-order valence-corrected chi connectivity index (χ4v) is 11.7. The molecule has 2 nitrogen and oxygen atoms in total. The van der Waals surface area contributed by atoms with E-state index in [1.54, 1.807) is 0 Å². The third kappa shape index (κ3) is 5.58. The molecule has 0 amide bonds. The summed E-state index contributed by atoms with van der Waals surface area (Å²) in [5, 5.41) is -0.0666. The SMILES string of the molecule is CCCC(C)(O[Si](C)(C)C(C)(CC)O[Si](C)(C)C)[Si](C)(C)C. The Morgan fingerprint density at radius 2 is 1.18 bits per heavy atom. The van der Waals surface area contributed by atoms with Crippen LogP contribution in [-0.2, 0) is 8.85 Å². The van der Waals surface area contributed by atoms with Crippen molar-refractivity contribution in [3.63, 3.8) is 0 Å². The maximum absolute atomic E-state index is 7.03. The maximum Gasteiger partial charge on any atom is 0.216 e. The Labute approximate surface area is 143 Å². The molecule has 0 fully saturated rings. The Bertz CT molecular complexity index is 358. The maximum atomic E-state index is 7.03. The van der Waals surface area contributed by atoms with Gasteiger partial charge < -0.3 is 8.85 Å². The second kappa shape index (κ2) is 7.21. The largest absolute Gasteiger partial charge is 0.412 e. The molecule has 0 heterocycles. The first kappa shape index (κ1) is 22.6. The lowest BCUT2D eigenvalue weighted by Gasteiger charge is -2.52. The molecule has 0 N–H and O–H groups in total. The van der Waals surface area contributed by atoms with Crippen molar-refractivity contribution in [2.24, 2.45) is 0 Å². The summed E-state index contributed by atoms with van der Waals surface area (Å²) < 4.78 is 13.7. The normalized spacial score (nSPS) is 19.6. The second-order valence-electron chi connectivity index (χ2n) is 9.64. The average Bonchev–Trinajstić information content (AvgIpc) is 2.24. The van der Waals surface area contributed by atoms with Crippen molar-refractivity contribution in [1.29, 1.82) is 0 Å². The van der Waals surface area contributed by atoms with E-state index in [0.29, 0.717) is 0 Å². The lowest BCUT2D eigenvalue weighted by molar-refractivity contribution is 0.0741. The molecule has 0 saturated heterocycles. The van der Waals surface area contributed by atoms with Gasteiger partial charge in [-0.3, -0.25) is 0 Å². The first-order valence-corrected chi connectivity index (χ1v) is 18.8. The summed E-state index contributed by atoms with van der Waals surface area (Å²) in [5.74, 6) is 0. The lowest BCUT2D eigenvalue weighted by atomic mass is 10.2. The fourth-order valence-electron chi connectivity index (χ4n) is 3.02. The molecule has 0 radical (unpaired) electrons. The van der Waals surface area contributed by atoms with Gasteiger partial charge in [-0.1, -0.05) is 39.9 Å². The first-order valence-electron chi connectivity index (χ1n) is 8.94. The van der Waals surface area contributed by atoms with Crippen LogP contribution in [0, 0.1) is 0 Å². The zero-order chi connectivity index (χ0) is 18.0. The molecule has 0 aliphatic rings. The Kier molecular flexibility index (Phi) is 7.40. The van der Waals surface area contributed by atoms with Crippen LogP contribution >= 0.6 is 0 Å². The average molecular weight is 363 g/mol. The van der Waals surface area contributed by atoms with Crippen LogP contribution in [0.3, 0.4) is 0 Å². The Morgan fingerprint density at radius 3 is 1.45 bits per heavy atom. The minimum absolute atomic E-state index is 0.0384. The van der Waals surface area contributed by atoms with Gasteiger partial charge in [-0.05, 0) is 59.4 Å². The van der Waals surface area contributed by atoms with Crippen molar-refractivity contribution in [2.75, 3.05) is 0 Å². The summed E-state index contributed by atoms with van der Waals surface area (Å²) in [6.07, 6.45) is 3.37. The van der Waals surface area contributed by atoms with Crippen LogP contribution in [0.2, 0.25) is 52.4 Å². The van der Waals surface area contributed by atoms with Gasteiger partial charge in [0.25, 0.3) is 0 Å². The molecule has 0 aromatic carbocycles. The topological polar surface area (TPSA) is 18.5 Å². The van der Waals surface area contributed by atoms with Gasteiger partial charge in [0.2, 0.25) is 8.32 Å². The zero-order valence-corrected chi connectivity index (χ0v) is 20.4. The molecule has 0 aromatic heterocycles. The van der Waals surface area contributed by atoms with Crippen molar-refractivity contribution < 1.29 is 8.85 Å². The highest BCUT2D eigenvalue weighted by Gasteiger charge is 2.52. The van der Waals surface area contributed by atoms with Crippen LogP contribution in [-0.4, -0.2) is 35.2 Å². The van der Waals surface area contributed by atoms with E-state index in [9.17, 15) is 0 Å². The highest BCUT2D eigenvalue weighted by molar-refractivity contribution is 6.82. The Morgan fingerprint density at radius 1 is 0.727 bits per heavy atom. The third-order valence-corrected chi connectivity index (χ3v) is 14.2. The number of hydrogen-bond donors (Lipinski definition) is 0. The van der Waals surface area contributed by atoms with Gasteiger partial charge in [0.15, 0.2) is 8.32 Å². The van der Waals surface area contributed by atoms with Crippen LogP contribution in [0.25, 0.3) is 0 Å². The van der Waals surface area contributed by atoms with Crippen LogP contribution in [0.5, 0.6) is 0 Å². The first-order chi connectivity index (χ1) is 9.54. The van der Waals surface area contributed by atoms with Gasteiger partial charge >= 0.3 is 0 Å². The molecule has 2 atom stereocenters. The number of hydrogen-bond acceptors (Lipinski definition) is 2. The summed E-state index contributed by atoms with van der Waals surface area (Å²) in [5.41, 5.74) is 0. The lowest BCUT2D eigenvalue weighted by Crippen LogP contribution is -2.66. The van der Waals surface area contributed by atoms with Gasteiger partial charge in [-0.25, -0.2) is 0 Å². The van der Waals surface area contributed by atoms with E-state index in [2.05, 4.69) is 80.1 Å². The van der Waals surface area contributed by atoms with E-state index >= 15 is 0 Å². The molecular formula is C17H42O2Si3. The van der Waals surface area contributed by atoms with Crippen molar-refractivity contribution >= 4 is 24.7 Å². The second-order valence-corrected chi connectivity index (χ2v) is 23.9. The molecule has 0 saturated carbocycles. The molecule has 0 aromatic rings. The summed E-state index contributed by atoms with van der Waals surface area (Å²) >= 11 is 0. The van der Waals surface area contributed by atoms with Crippen molar-refractivity contribution in [1.82, 2.24) is 0 Å². The van der Waals surface area contributed by atoms with E-state index < -0.39 is 24.7 Å². The highest BCUT2D eigenvalue weighted by Crippen LogP contribution is 2.39. The zero-order valence-electron chi connectivity index (χ0n) is 17.4. The van der Waals surface area contributed by atoms with Gasteiger partial charge in [-0.15, -0.1) is 0 Å². The quantitative estimate of drug-likeness (QED) is 0.454. The van der Waals surface area contributed by atoms with Gasteiger partial charge in [0.1, 0.15) is 0 Å². The van der Waals surface area contributed by atoms with Crippen LogP contribution in [0.15, 0.2) is 0 Å². The van der Waals surface area contributed by atoms with Crippen molar-refractivity contribution in [2.45, 2.75) is 110 Å². The fraction of sp³-hybridized carbons (Fsp3) is 1.00. The molecule has 134 valence electrons. The molecule has 22 heavy (non-hydrogen) atoms. The molecule has 0 spiro atoms. The third-order valence-electron chi connectivity index (χ3n) is 5.27. The Hall–Kier alpha value is 0.571. The van der Waals surface area contributed by atoms with E-state index in [0.717, 1.165) is 12.8 Å². The van der Waals surface area contributed by atoms with Gasteiger partial charge in [0, 0.05) is 5.22 Å². The van der Waals surface area contributed by atoms with Crippen molar-refractivity contribution in [3.05, 3.63) is 0 Å². The van der Waals surface area contributed by atoms with E-state index in [1.807, 2.05) is 0 Å². The van der Waals surface area contributed by atoms with Crippen LogP contribution in [0.4, 0.5) is 0 Å². The van der Waals surface area contributed by atoms with E-state index in [4.69, 9.17) is 8.85 Å². The summed E-state index contributed by atoms with van der Waals surface area (Å²) in [6, 6.07) is 0. The monoisotopic (exact) mass is 362 g/mol. The standard InChI is InChI=1S/C17H42O2Si3/c1-13-15-17(4,20(5,6)7)19-22(11,12)16(3,14-2)18-21(8,9)10/h13-15H2,1-12H3. The van der Waals surface area contributed by atoms with E-state index in [1.165, 1.54) is 6.42 Å². The van der Waals surface area contributed by atoms with Gasteiger partial charge in [0.05, 0.1) is 13.3 Å². The highest BCUT2D eigenvalue weighted by atomic mass is 28.4. The van der Waals surface area contributed by atoms with Crippen LogP contribution in [0.1, 0.15) is 47.0 Å². The predicted octanol–water partition coefficient (Wildman–Crippen LogP) is 6.20. The molecule has 0 rings (SSSR count). The molecule has 0 aliphatic carbocycles. The minimum Gasteiger partial charge on any atom is -0.412 e. The minimum atomic E-state index is -2.00. The molecule has 2 unspecified atom stereocenters. The molecular weight excluding hydrogens is 320 g/mol. The molecule has 5 heteroatoms. The predicted molar refractivity (Wildman–Crippen MR) is 108 cm³/mol. The molecule has 0 aliphatic heterocycles. The van der Waals surface area contributed by atoms with Gasteiger partial charge in [-0.2, -0.15) is 0 Å². The smallest absolute Gasteiger partial charge is 0.216 e. The summed E-state index contributed by atoms with van der Waals surface area (Å²) in [4.78, 5) is 0. The van der Waals surface area contributed by atoms with E-state index in [-0.39, 0.29) is 10.4 Å². The summed E-state index contributed by atoms with van der Waals surface area (Å²) in [6.45, 7) is 28.1. The number of rotatable bonds is 9. The van der Waals surface area contributed by atoms with Crippen LogP contribution < -0.4 is 0 Å². The molecule has 0 bridgehead atoms. The Balaban J connectivity index is 5.59.